The second-order valence-electron chi connectivity index (χ2n) is 7.04. The topological polar surface area (TPSA) is 71.4 Å². The van der Waals surface area contributed by atoms with Crippen molar-refractivity contribution in [2.24, 2.45) is 7.05 Å². The molecule has 4 rings (SSSR count). The van der Waals surface area contributed by atoms with Crippen molar-refractivity contribution in [2.45, 2.75) is 0 Å². The van der Waals surface area contributed by atoms with Crippen LogP contribution in [-0.2, 0) is 16.6 Å². The van der Waals surface area contributed by atoms with Gasteiger partial charge in [0.15, 0.2) is 10.9 Å². The number of nitrogens with zero attached hydrogens (tertiary/aromatic N) is 2. The summed E-state index contributed by atoms with van der Waals surface area (Å²) in [7, 11) is 1.72. The molecule has 1 aliphatic rings. The molecule has 32 heavy (non-hydrogen) atoms. The minimum atomic E-state index is -0.617. The number of amides is 2. The smallest absolute Gasteiger partial charge is 0.270 e. The van der Waals surface area contributed by atoms with E-state index >= 15 is 0 Å². The summed E-state index contributed by atoms with van der Waals surface area (Å²) in [6.07, 6.45) is 3.06. The normalized spacial score (nSPS) is 15.3. The van der Waals surface area contributed by atoms with E-state index in [4.69, 9.17) is 35.4 Å². The van der Waals surface area contributed by atoms with Gasteiger partial charge in [-0.1, -0.05) is 35.3 Å². The molecule has 1 aliphatic heterocycles. The molecule has 0 spiro atoms. The van der Waals surface area contributed by atoms with Crippen molar-refractivity contribution in [3.05, 3.63) is 93.2 Å². The van der Waals surface area contributed by atoms with E-state index < -0.39 is 11.8 Å². The van der Waals surface area contributed by atoms with Gasteiger partial charge in [0.1, 0.15) is 5.57 Å². The number of nitrogens with one attached hydrogen (secondary N) is 1. The van der Waals surface area contributed by atoms with Gasteiger partial charge in [-0.2, -0.15) is 0 Å². The van der Waals surface area contributed by atoms with E-state index in [9.17, 15) is 14.4 Å². The zero-order valence-electron chi connectivity index (χ0n) is 16.6. The zero-order chi connectivity index (χ0) is 23.0. The first-order valence-electron chi connectivity index (χ1n) is 9.38. The molecule has 160 valence electrons. The Morgan fingerprint density at radius 2 is 1.72 bits per heavy atom. The van der Waals surface area contributed by atoms with Gasteiger partial charge in [-0.25, -0.2) is 0 Å². The zero-order valence-corrected chi connectivity index (χ0v) is 19.0. The van der Waals surface area contributed by atoms with Gasteiger partial charge in [0.25, 0.3) is 11.8 Å². The molecule has 1 fully saturated rings. The van der Waals surface area contributed by atoms with Gasteiger partial charge in [0.05, 0.1) is 5.69 Å². The van der Waals surface area contributed by atoms with Gasteiger partial charge in [-0.3, -0.25) is 24.6 Å². The molecular formula is C23H15Cl2N3O3S. The monoisotopic (exact) mass is 483 g/mol. The first kappa shape index (κ1) is 22.0. The largest absolute Gasteiger partial charge is 0.350 e. The molecule has 2 aromatic carbocycles. The summed E-state index contributed by atoms with van der Waals surface area (Å²) < 4.78 is 1.66. The Balaban J connectivity index is 1.69. The van der Waals surface area contributed by atoms with Crippen LogP contribution >= 0.6 is 35.4 Å². The van der Waals surface area contributed by atoms with E-state index in [0.717, 1.165) is 0 Å². The third-order valence-electron chi connectivity index (χ3n) is 4.87. The van der Waals surface area contributed by atoms with Crippen LogP contribution in [0.25, 0.3) is 6.08 Å². The molecule has 3 aromatic rings. The number of carbonyl (C=O) groups is 3. The Morgan fingerprint density at radius 1 is 1.00 bits per heavy atom. The lowest BCUT2D eigenvalue weighted by molar-refractivity contribution is -0.122. The summed E-state index contributed by atoms with van der Waals surface area (Å²) in [6.45, 7) is 0. The minimum absolute atomic E-state index is 0.0248. The van der Waals surface area contributed by atoms with Crippen LogP contribution in [0.3, 0.4) is 0 Å². The molecule has 0 atom stereocenters. The fourth-order valence-corrected chi connectivity index (χ4v) is 3.87. The molecular weight excluding hydrogens is 469 g/mol. The van der Waals surface area contributed by atoms with Crippen LogP contribution < -0.4 is 10.2 Å². The van der Waals surface area contributed by atoms with Gasteiger partial charge in [0, 0.05) is 40.1 Å². The standard InChI is InChI=1S/C23H15Cl2N3O3S/c1-27-12-14(20(29)13-3-2-4-16(25)9-13)10-18(27)11-19-21(30)26-23(32)28(22(19)31)17-7-5-15(24)6-8-17/h2-12H,1H3,(H,26,30,32). The van der Waals surface area contributed by atoms with Crippen LogP contribution in [0.4, 0.5) is 5.69 Å². The highest BCUT2D eigenvalue weighted by molar-refractivity contribution is 7.80. The molecule has 9 heteroatoms. The van der Waals surface area contributed by atoms with Crippen LogP contribution in [0.2, 0.25) is 10.0 Å². The first-order valence-corrected chi connectivity index (χ1v) is 10.5. The molecule has 0 bridgehead atoms. The highest BCUT2D eigenvalue weighted by Gasteiger charge is 2.34. The Morgan fingerprint density at radius 3 is 2.41 bits per heavy atom. The second-order valence-corrected chi connectivity index (χ2v) is 8.30. The summed E-state index contributed by atoms with van der Waals surface area (Å²) in [5.41, 5.74) is 1.69. The third-order valence-corrected chi connectivity index (χ3v) is 5.64. The fourth-order valence-electron chi connectivity index (χ4n) is 3.28. The average Bonchev–Trinajstić information content (AvgIpc) is 3.12. The molecule has 0 unspecified atom stereocenters. The quantitative estimate of drug-likeness (QED) is 0.258. The van der Waals surface area contributed by atoms with Crippen molar-refractivity contribution in [1.29, 1.82) is 0 Å². The molecule has 2 heterocycles. The van der Waals surface area contributed by atoms with Gasteiger partial charge in [-0.05, 0) is 60.8 Å². The van der Waals surface area contributed by atoms with E-state index in [0.29, 0.717) is 32.6 Å². The van der Waals surface area contributed by atoms with Gasteiger partial charge >= 0.3 is 0 Å². The lowest BCUT2D eigenvalue weighted by Crippen LogP contribution is -2.54. The second kappa shape index (κ2) is 8.70. The van der Waals surface area contributed by atoms with E-state index in [1.54, 1.807) is 72.4 Å². The number of rotatable bonds is 4. The number of aryl methyl sites for hydroxylation is 1. The summed E-state index contributed by atoms with van der Waals surface area (Å²) in [6, 6.07) is 14.7. The third kappa shape index (κ3) is 4.23. The number of thiocarbonyl (C=S) groups is 1. The van der Waals surface area contributed by atoms with Crippen molar-refractivity contribution < 1.29 is 14.4 Å². The molecule has 0 radical (unpaired) electrons. The van der Waals surface area contributed by atoms with Crippen LogP contribution in [0.1, 0.15) is 21.6 Å². The summed E-state index contributed by atoms with van der Waals surface area (Å²) in [5.74, 6) is -1.42. The first-order chi connectivity index (χ1) is 15.2. The Bertz CT molecular complexity index is 1310. The van der Waals surface area contributed by atoms with Crippen molar-refractivity contribution in [3.8, 4) is 0 Å². The van der Waals surface area contributed by atoms with Crippen molar-refractivity contribution >= 4 is 69.9 Å². The van der Waals surface area contributed by atoms with Crippen molar-refractivity contribution in [1.82, 2.24) is 9.88 Å². The van der Waals surface area contributed by atoms with Crippen LogP contribution in [0.5, 0.6) is 0 Å². The number of aromatic nitrogens is 1. The van der Waals surface area contributed by atoms with E-state index in [2.05, 4.69) is 5.32 Å². The van der Waals surface area contributed by atoms with E-state index in [1.165, 1.54) is 11.0 Å². The molecule has 1 N–H and O–H groups in total. The number of halogens is 2. The van der Waals surface area contributed by atoms with E-state index in [1.807, 2.05) is 0 Å². The van der Waals surface area contributed by atoms with Crippen LogP contribution in [0.15, 0.2) is 66.4 Å². The lowest BCUT2D eigenvalue weighted by Gasteiger charge is -2.28. The van der Waals surface area contributed by atoms with Gasteiger partial charge in [0.2, 0.25) is 0 Å². The SMILES string of the molecule is Cn1cc(C(=O)c2cccc(Cl)c2)cc1C=C1C(=O)NC(=S)N(c2ccc(Cl)cc2)C1=O. The molecule has 0 aliphatic carbocycles. The molecule has 0 saturated carbocycles. The molecule has 1 aromatic heterocycles. The number of anilines is 1. The van der Waals surface area contributed by atoms with Crippen molar-refractivity contribution in [3.63, 3.8) is 0 Å². The van der Waals surface area contributed by atoms with Gasteiger partial charge in [-0.15, -0.1) is 0 Å². The molecule has 2 amide bonds. The predicted octanol–water partition coefficient (Wildman–Crippen LogP) is 4.39. The predicted molar refractivity (Wildman–Crippen MR) is 128 cm³/mol. The summed E-state index contributed by atoms with van der Waals surface area (Å²) in [4.78, 5) is 39.7. The Hall–Kier alpha value is -3.26. The maximum absolute atomic E-state index is 13.1. The number of ketones is 1. The molecule has 6 nitrogen and oxygen atoms in total. The minimum Gasteiger partial charge on any atom is -0.350 e. The Labute approximate surface area is 199 Å². The number of benzene rings is 2. The summed E-state index contributed by atoms with van der Waals surface area (Å²) >= 11 is 17.1. The lowest BCUT2D eigenvalue weighted by atomic mass is 10.1. The number of hydrogen-bond acceptors (Lipinski definition) is 4. The van der Waals surface area contributed by atoms with E-state index in [-0.39, 0.29) is 16.5 Å². The van der Waals surface area contributed by atoms with Crippen LogP contribution in [-0.4, -0.2) is 27.3 Å². The van der Waals surface area contributed by atoms with Crippen LogP contribution in [0, 0.1) is 0 Å². The number of carbonyl (C=O) groups excluding carboxylic acids is 3. The fraction of sp³-hybridized carbons (Fsp3) is 0.0435. The maximum Gasteiger partial charge on any atom is 0.270 e. The molecule has 1 saturated heterocycles. The van der Waals surface area contributed by atoms with Gasteiger partial charge < -0.3 is 4.57 Å². The highest BCUT2D eigenvalue weighted by Crippen LogP contribution is 2.24. The van der Waals surface area contributed by atoms with Crippen molar-refractivity contribution in [2.75, 3.05) is 4.90 Å². The maximum atomic E-state index is 13.1. The number of hydrogen-bond donors (Lipinski definition) is 1. The highest BCUT2D eigenvalue weighted by atomic mass is 35.5. The summed E-state index contributed by atoms with van der Waals surface area (Å²) in [5, 5.41) is 3.46. The Kier molecular flexibility index (Phi) is 5.97. The average molecular weight is 484 g/mol.